The smallest absolute Gasteiger partial charge is 0.317 e. The van der Waals surface area contributed by atoms with E-state index in [-0.39, 0.29) is 16.7 Å². The molecule has 2 aliphatic carbocycles. The minimum absolute atomic E-state index is 0.0623. The molecule has 3 rings (SSSR count). The number of hydroxylamine groups is 1. The summed E-state index contributed by atoms with van der Waals surface area (Å²) in [4.78, 5) is 23.9. The van der Waals surface area contributed by atoms with E-state index >= 15 is 0 Å². The standard InChI is InChI=1S/C16H18N2O5S/c1-9-2-6-12(7-3-9)24(21,22)23-18-16(20)14-11-5-4-10(8-11)13(14)15(17)19/h2-7,10-11,13-14H,8H2,1H3,(H2,17,19)(H,18,20). The Kier molecular flexibility index (Phi) is 4.18. The van der Waals surface area contributed by atoms with E-state index < -0.39 is 33.8 Å². The molecule has 0 radical (unpaired) electrons. The number of hydrogen-bond acceptors (Lipinski definition) is 5. The van der Waals surface area contributed by atoms with Crippen molar-refractivity contribution >= 4 is 21.9 Å². The molecule has 0 saturated heterocycles. The first kappa shape index (κ1) is 16.7. The van der Waals surface area contributed by atoms with Crippen LogP contribution in [0.2, 0.25) is 0 Å². The van der Waals surface area contributed by atoms with Gasteiger partial charge in [-0.15, -0.1) is 4.28 Å². The zero-order valence-electron chi connectivity index (χ0n) is 13.0. The van der Waals surface area contributed by atoms with Gasteiger partial charge in [-0.1, -0.05) is 29.8 Å². The number of primary amides is 1. The van der Waals surface area contributed by atoms with Crippen molar-refractivity contribution in [2.45, 2.75) is 18.2 Å². The van der Waals surface area contributed by atoms with Crippen LogP contribution in [0.15, 0.2) is 41.3 Å². The van der Waals surface area contributed by atoms with Crippen molar-refractivity contribution in [1.82, 2.24) is 5.48 Å². The number of hydrogen-bond donors (Lipinski definition) is 2. The van der Waals surface area contributed by atoms with Gasteiger partial charge in [0.15, 0.2) is 0 Å². The van der Waals surface area contributed by atoms with E-state index in [2.05, 4.69) is 4.28 Å². The number of rotatable bonds is 5. The predicted molar refractivity (Wildman–Crippen MR) is 84.5 cm³/mol. The number of aryl methyl sites for hydroxylation is 1. The summed E-state index contributed by atoms with van der Waals surface area (Å²) in [5.41, 5.74) is 8.27. The molecule has 2 aliphatic rings. The van der Waals surface area contributed by atoms with Crippen LogP contribution in [0.1, 0.15) is 12.0 Å². The molecule has 2 amide bonds. The van der Waals surface area contributed by atoms with Crippen LogP contribution in [0.4, 0.5) is 0 Å². The summed E-state index contributed by atoms with van der Waals surface area (Å²) < 4.78 is 28.9. The van der Waals surface area contributed by atoms with E-state index in [1.165, 1.54) is 12.1 Å². The van der Waals surface area contributed by atoms with E-state index in [0.29, 0.717) is 6.42 Å². The average molecular weight is 350 g/mol. The Hall–Kier alpha value is -2.19. The number of carbonyl (C=O) groups is 2. The van der Waals surface area contributed by atoms with Crippen molar-refractivity contribution in [3.8, 4) is 0 Å². The zero-order chi connectivity index (χ0) is 17.5. The van der Waals surface area contributed by atoms with Crippen molar-refractivity contribution in [3.05, 3.63) is 42.0 Å². The van der Waals surface area contributed by atoms with Gasteiger partial charge < -0.3 is 5.73 Å². The van der Waals surface area contributed by atoms with Crippen molar-refractivity contribution in [3.63, 3.8) is 0 Å². The molecule has 4 unspecified atom stereocenters. The first-order valence-corrected chi connectivity index (χ1v) is 8.98. The third-order valence-electron chi connectivity index (χ3n) is 4.65. The summed E-state index contributed by atoms with van der Waals surface area (Å²) in [6.07, 6.45) is 4.41. The van der Waals surface area contributed by atoms with Gasteiger partial charge in [0.05, 0.1) is 16.7 Å². The monoisotopic (exact) mass is 350 g/mol. The Morgan fingerprint density at radius 3 is 2.29 bits per heavy atom. The van der Waals surface area contributed by atoms with E-state index in [1.54, 1.807) is 12.1 Å². The highest BCUT2D eigenvalue weighted by Crippen LogP contribution is 2.47. The lowest BCUT2D eigenvalue weighted by Crippen LogP contribution is -2.42. The molecule has 8 heteroatoms. The van der Waals surface area contributed by atoms with Crippen molar-refractivity contribution in [2.75, 3.05) is 0 Å². The Morgan fingerprint density at radius 2 is 1.71 bits per heavy atom. The second-order valence-corrected chi connectivity index (χ2v) is 7.77. The van der Waals surface area contributed by atoms with E-state index in [9.17, 15) is 18.0 Å². The van der Waals surface area contributed by atoms with Gasteiger partial charge in [0.25, 0.3) is 0 Å². The molecule has 0 heterocycles. The van der Waals surface area contributed by atoms with Gasteiger partial charge in [-0.3, -0.25) is 9.59 Å². The van der Waals surface area contributed by atoms with Gasteiger partial charge in [-0.05, 0) is 37.3 Å². The lowest BCUT2D eigenvalue weighted by Gasteiger charge is -2.24. The third kappa shape index (κ3) is 2.94. The topological polar surface area (TPSA) is 116 Å². The van der Waals surface area contributed by atoms with Crippen molar-refractivity contribution in [2.24, 2.45) is 29.4 Å². The highest BCUT2D eigenvalue weighted by molar-refractivity contribution is 7.86. The normalized spacial score (nSPS) is 28.0. The maximum atomic E-state index is 12.3. The fourth-order valence-corrected chi connectivity index (χ4v) is 4.24. The summed E-state index contributed by atoms with van der Waals surface area (Å²) in [5.74, 6) is -2.74. The molecule has 4 atom stereocenters. The van der Waals surface area contributed by atoms with E-state index in [1.807, 2.05) is 24.6 Å². The van der Waals surface area contributed by atoms with Crippen molar-refractivity contribution in [1.29, 1.82) is 0 Å². The number of fused-ring (bicyclic) bond motifs is 2. The lowest BCUT2D eigenvalue weighted by atomic mass is 9.82. The van der Waals surface area contributed by atoms with Crippen LogP contribution < -0.4 is 11.2 Å². The zero-order valence-corrected chi connectivity index (χ0v) is 13.8. The number of nitrogens with one attached hydrogen (secondary N) is 1. The maximum absolute atomic E-state index is 12.3. The minimum Gasteiger partial charge on any atom is -0.369 e. The molecule has 1 saturated carbocycles. The summed E-state index contributed by atoms with van der Waals surface area (Å²) in [5, 5.41) is 0. The van der Waals surface area contributed by atoms with Crippen LogP contribution in [-0.2, 0) is 24.0 Å². The first-order chi connectivity index (χ1) is 11.3. The first-order valence-electron chi connectivity index (χ1n) is 7.57. The van der Waals surface area contributed by atoms with Crippen LogP contribution in [0, 0.1) is 30.6 Å². The molecular formula is C16H18N2O5S. The van der Waals surface area contributed by atoms with Gasteiger partial charge in [0.1, 0.15) is 0 Å². The van der Waals surface area contributed by atoms with Crippen LogP contribution in [-0.4, -0.2) is 20.2 Å². The molecule has 1 aromatic carbocycles. The molecule has 128 valence electrons. The van der Waals surface area contributed by atoms with E-state index in [4.69, 9.17) is 5.73 Å². The predicted octanol–water partition coefficient (Wildman–Crippen LogP) is 0.655. The largest absolute Gasteiger partial charge is 0.369 e. The Labute approximate surface area is 139 Å². The molecule has 2 bridgehead atoms. The molecule has 0 aliphatic heterocycles. The molecule has 3 N–H and O–H groups in total. The second kappa shape index (κ2) is 6.03. The van der Waals surface area contributed by atoms with Crippen LogP contribution in [0.3, 0.4) is 0 Å². The van der Waals surface area contributed by atoms with Crippen LogP contribution in [0.5, 0.6) is 0 Å². The number of nitrogens with two attached hydrogens (primary N) is 1. The maximum Gasteiger partial charge on any atom is 0.317 e. The molecule has 1 aromatic rings. The van der Waals surface area contributed by atoms with Crippen LogP contribution >= 0.6 is 0 Å². The summed E-state index contributed by atoms with van der Waals surface area (Å²) in [6.45, 7) is 1.83. The fraction of sp³-hybridized carbons (Fsp3) is 0.375. The molecule has 0 spiro atoms. The van der Waals surface area contributed by atoms with E-state index in [0.717, 1.165) is 5.56 Å². The highest BCUT2D eigenvalue weighted by Gasteiger charge is 2.51. The van der Waals surface area contributed by atoms with Gasteiger partial charge in [0, 0.05) is 0 Å². The Bertz CT molecular complexity index is 800. The third-order valence-corrected chi connectivity index (χ3v) is 5.80. The number of benzene rings is 1. The highest BCUT2D eigenvalue weighted by atomic mass is 32.2. The molecule has 24 heavy (non-hydrogen) atoms. The lowest BCUT2D eigenvalue weighted by molar-refractivity contribution is -0.138. The molecule has 1 fully saturated rings. The summed E-state index contributed by atoms with van der Waals surface area (Å²) >= 11 is 0. The van der Waals surface area contributed by atoms with Gasteiger partial charge in [-0.2, -0.15) is 8.42 Å². The average Bonchev–Trinajstić information content (AvgIpc) is 3.14. The Morgan fingerprint density at radius 1 is 1.12 bits per heavy atom. The van der Waals surface area contributed by atoms with Gasteiger partial charge >= 0.3 is 10.1 Å². The van der Waals surface area contributed by atoms with Gasteiger partial charge in [0.2, 0.25) is 11.8 Å². The fourth-order valence-electron chi connectivity index (χ4n) is 3.48. The number of carbonyl (C=O) groups excluding carboxylic acids is 2. The quantitative estimate of drug-likeness (QED) is 0.598. The molecular weight excluding hydrogens is 332 g/mol. The molecule has 7 nitrogen and oxygen atoms in total. The molecule has 0 aromatic heterocycles. The number of allylic oxidation sites excluding steroid dienone is 2. The summed E-state index contributed by atoms with van der Waals surface area (Å²) in [7, 11) is -4.12. The van der Waals surface area contributed by atoms with Crippen molar-refractivity contribution < 1.29 is 22.3 Å². The minimum atomic E-state index is -4.12. The SMILES string of the molecule is Cc1ccc(S(=O)(=O)ONC(=O)C2C3C=CC(C3)C2C(N)=O)cc1. The Balaban J connectivity index is 1.70. The second-order valence-electron chi connectivity index (χ2n) is 6.22. The van der Waals surface area contributed by atoms with Crippen LogP contribution in [0.25, 0.3) is 0 Å². The number of amides is 2. The summed E-state index contributed by atoms with van der Waals surface area (Å²) in [6, 6.07) is 6.04. The van der Waals surface area contributed by atoms with Gasteiger partial charge in [-0.25, -0.2) is 5.48 Å².